The fourth-order valence-electron chi connectivity index (χ4n) is 3.83. The summed E-state index contributed by atoms with van der Waals surface area (Å²) < 4.78 is 27.9. The van der Waals surface area contributed by atoms with Crippen molar-refractivity contribution in [1.82, 2.24) is 9.29 Å². The predicted molar refractivity (Wildman–Crippen MR) is 124 cm³/mol. The third kappa shape index (κ3) is 4.56. The second-order valence-corrected chi connectivity index (χ2v) is 10.6. The highest BCUT2D eigenvalue weighted by atomic mass is 32.2. The van der Waals surface area contributed by atoms with Crippen molar-refractivity contribution < 1.29 is 13.2 Å². The first-order chi connectivity index (χ1) is 14.9. The van der Waals surface area contributed by atoms with E-state index in [-0.39, 0.29) is 16.8 Å². The number of hydrogen-bond donors (Lipinski definition) is 1. The van der Waals surface area contributed by atoms with Gasteiger partial charge in [0.05, 0.1) is 4.90 Å². The fraction of sp³-hybridized carbons (Fsp3) is 0.304. The number of carbonyl (C=O) groups excluding carboxylic acids is 1. The summed E-state index contributed by atoms with van der Waals surface area (Å²) in [4.78, 5) is 17.4. The van der Waals surface area contributed by atoms with Crippen LogP contribution in [0.15, 0.2) is 58.9 Å². The molecule has 2 aromatic carbocycles. The van der Waals surface area contributed by atoms with E-state index in [0.29, 0.717) is 17.8 Å². The lowest BCUT2D eigenvalue weighted by atomic mass is 10.1. The van der Waals surface area contributed by atoms with Crippen molar-refractivity contribution in [2.45, 2.75) is 44.0 Å². The average Bonchev–Trinajstić information content (AvgIpc) is 3.29. The van der Waals surface area contributed by atoms with E-state index in [9.17, 15) is 13.2 Å². The number of aromatic nitrogens is 1. The summed E-state index contributed by atoms with van der Waals surface area (Å²) in [5, 5.41) is 5.71. The molecule has 2 heterocycles. The summed E-state index contributed by atoms with van der Waals surface area (Å²) in [5.74, 6) is -0.330. The number of amides is 1. The van der Waals surface area contributed by atoms with Gasteiger partial charge in [0, 0.05) is 41.0 Å². The molecule has 0 aliphatic carbocycles. The Hall–Kier alpha value is -2.55. The number of carbonyl (C=O) groups is 1. The van der Waals surface area contributed by atoms with Crippen molar-refractivity contribution in [2.75, 3.05) is 11.9 Å². The van der Waals surface area contributed by atoms with Crippen LogP contribution in [-0.2, 0) is 10.0 Å². The largest absolute Gasteiger partial charge is 0.322 e. The van der Waals surface area contributed by atoms with Crippen LogP contribution >= 0.6 is 11.3 Å². The molecule has 162 valence electrons. The van der Waals surface area contributed by atoms with Crippen LogP contribution in [0.5, 0.6) is 0 Å². The van der Waals surface area contributed by atoms with Gasteiger partial charge in [-0.2, -0.15) is 4.31 Å². The van der Waals surface area contributed by atoms with Crippen molar-refractivity contribution in [3.05, 3.63) is 65.2 Å². The second-order valence-electron chi connectivity index (χ2n) is 7.81. The monoisotopic (exact) mass is 455 g/mol. The summed E-state index contributed by atoms with van der Waals surface area (Å²) in [7, 11) is -3.64. The first kappa shape index (κ1) is 21.7. The Morgan fingerprint density at radius 2 is 1.94 bits per heavy atom. The Morgan fingerprint density at radius 3 is 2.61 bits per heavy atom. The lowest BCUT2D eigenvalue weighted by Gasteiger charge is -2.32. The third-order valence-corrected chi connectivity index (χ3v) is 8.46. The molecule has 0 bridgehead atoms. The zero-order valence-electron chi connectivity index (χ0n) is 17.5. The molecule has 1 amide bonds. The molecule has 3 aromatic rings. The molecule has 1 atom stereocenters. The standard InChI is InChI=1S/C23H25N3O3S2/c1-16-6-11-20(31(28,29)26-13-4-3-5-17(26)2)15-21(16)22(27)25-19-9-7-18(8-10-19)23-24-12-14-30-23/h6-12,14-15,17H,3-5,13H2,1-2H3,(H,25,27). The van der Waals surface area contributed by atoms with Crippen LogP contribution < -0.4 is 5.32 Å². The lowest BCUT2D eigenvalue weighted by molar-refractivity contribution is 0.102. The quantitative estimate of drug-likeness (QED) is 0.591. The van der Waals surface area contributed by atoms with Gasteiger partial charge in [0.25, 0.3) is 5.91 Å². The summed E-state index contributed by atoms with van der Waals surface area (Å²) >= 11 is 1.55. The van der Waals surface area contributed by atoms with Gasteiger partial charge in [0.1, 0.15) is 5.01 Å². The maximum absolute atomic E-state index is 13.2. The summed E-state index contributed by atoms with van der Waals surface area (Å²) in [5.41, 5.74) is 2.70. The summed E-state index contributed by atoms with van der Waals surface area (Å²) in [6, 6.07) is 12.2. The molecule has 1 unspecified atom stereocenters. The third-order valence-electron chi connectivity index (χ3n) is 5.62. The van der Waals surface area contributed by atoms with Gasteiger partial charge in [-0.1, -0.05) is 12.5 Å². The highest BCUT2D eigenvalue weighted by Crippen LogP contribution is 2.27. The van der Waals surface area contributed by atoms with Crippen molar-refractivity contribution in [3.63, 3.8) is 0 Å². The van der Waals surface area contributed by atoms with E-state index in [2.05, 4.69) is 10.3 Å². The molecule has 1 aromatic heterocycles. The van der Waals surface area contributed by atoms with Gasteiger partial charge in [0.15, 0.2) is 0 Å². The van der Waals surface area contributed by atoms with Crippen molar-refractivity contribution in [3.8, 4) is 10.6 Å². The van der Waals surface area contributed by atoms with Crippen molar-refractivity contribution >= 4 is 33.0 Å². The first-order valence-electron chi connectivity index (χ1n) is 10.3. The van der Waals surface area contributed by atoms with E-state index in [4.69, 9.17) is 0 Å². The molecule has 4 rings (SSSR count). The number of nitrogens with one attached hydrogen (secondary N) is 1. The van der Waals surface area contributed by atoms with Crippen LogP contribution in [0.3, 0.4) is 0 Å². The van der Waals surface area contributed by atoms with Gasteiger partial charge < -0.3 is 5.32 Å². The summed E-state index contributed by atoms with van der Waals surface area (Å²) in [6.45, 7) is 4.26. The number of benzene rings is 2. The van der Waals surface area contributed by atoms with Gasteiger partial charge in [-0.25, -0.2) is 13.4 Å². The van der Waals surface area contributed by atoms with Crippen LogP contribution in [0.1, 0.15) is 42.1 Å². The van der Waals surface area contributed by atoms with Crippen LogP contribution in [0.4, 0.5) is 5.69 Å². The molecule has 1 saturated heterocycles. The minimum absolute atomic E-state index is 0.0336. The molecule has 0 radical (unpaired) electrons. The molecule has 31 heavy (non-hydrogen) atoms. The predicted octanol–water partition coefficient (Wildman–Crippen LogP) is 4.93. The van der Waals surface area contributed by atoms with E-state index >= 15 is 0 Å². The number of thiazole rings is 1. The number of aryl methyl sites for hydroxylation is 1. The average molecular weight is 456 g/mol. The van der Waals surface area contributed by atoms with Gasteiger partial charge in [-0.05, 0) is 68.7 Å². The summed E-state index contributed by atoms with van der Waals surface area (Å²) in [6.07, 6.45) is 4.51. The Kier molecular flexibility index (Phi) is 6.22. The molecule has 1 N–H and O–H groups in total. The molecule has 0 saturated carbocycles. The maximum atomic E-state index is 13.2. The minimum atomic E-state index is -3.64. The number of nitrogens with zero attached hydrogens (tertiary/aromatic N) is 2. The van der Waals surface area contributed by atoms with Crippen LogP contribution in [0, 0.1) is 6.92 Å². The number of rotatable bonds is 5. The highest BCUT2D eigenvalue weighted by Gasteiger charge is 2.31. The normalized spacial score (nSPS) is 17.4. The molecular formula is C23H25N3O3S2. The van der Waals surface area contributed by atoms with E-state index < -0.39 is 10.0 Å². The number of anilines is 1. The van der Waals surface area contributed by atoms with Crippen LogP contribution in [0.25, 0.3) is 10.6 Å². The maximum Gasteiger partial charge on any atom is 0.255 e. The van der Waals surface area contributed by atoms with Gasteiger partial charge >= 0.3 is 0 Å². The smallest absolute Gasteiger partial charge is 0.255 e. The number of sulfonamides is 1. The van der Waals surface area contributed by atoms with Crippen LogP contribution in [-0.4, -0.2) is 36.2 Å². The Bertz CT molecular complexity index is 1170. The van der Waals surface area contributed by atoms with E-state index in [1.807, 2.05) is 36.6 Å². The molecular weight excluding hydrogens is 430 g/mol. The highest BCUT2D eigenvalue weighted by molar-refractivity contribution is 7.89. The first-order valence-corrected chi connectivity index (χ1v) is 12.6. The zero-order chi connectivity index (χ0) is 22.0. The Morgan fingerprint density at radius 1 is 1.16 bits per heavy atom. The van der Waals surface area contributed by atoms with E-state index in [1.165, 1.54) is 6.07 Å². The minimum Gasteiger partial charge on any atom is -0.322 e. The van der Waals surface area contributed by atoms with Crippen molar-refractivity contribution in [2.24, 2.45) is 0 Å². The Balaban J connectivity index is 1.56. The molecule has 0 spiro atoms. The second kappa shape index (κ2) is 8.90. The number of hydrogen-bond acceptors (Lipinski definition) is 5. The topological polar surface area (TPSA) is 79.4 Å². The Labute approximate surface area is 187 Å². The molecule has 6 nitrogen and oxygen atoms in total. The molecule has 1 fully saturated rings. The SMILES string of the molecule is Cc1ccc(S(=O)(=O)N2CCCCC2C)cc1C(=O)Nc1ccc(-c2nccs2)cc1. The van der Waals surface area contributed by atoms with E-state index in [1.54, 1.807) is 40.9 Å². The van der Waals surface area contributed by atoms with E-state index in [0.717, 1.165) is 35.4 Å². The zero-order valence-corrected chi connectivity index (χ0v) is 19.2. The van der Waals surface area contributed by atoms with Crippen molar-refractivity contribution in [1.29, 1.82) is 0 Å². The van der Waals surface area contributed by atoms with Gasteiger partial charge in [-0.15, -0.1) is 11.3 Å². The molecule has 8 heteroatoms. The fourth-order valence-corrected chi connectivity index (χ4v) is 6.20. The molecule has 1 aliphatic rings. The lowest BCUT2D eigenvalue weighted by Crippen LogP contribution is -2.42. The molecule has 1 aliphatic heterocycles. The number of piperidine rings is 1. The van der Waals surface area contributed by atoms with Gasteiger partial charge in [-0.3, -0.25) is 4.79 Å². The van der Waals surface area contributed by atoms with Gasteiger partial charge in [0.2, 0.25) is 10.0 Å². The van der Waals surface area contributed by atoms with Crippen LogP contribution in [0.2, 0.25) is 0 Å².